The van der Waals surface area contributed by atoms with Gasteiger partial charge in [0.15, 0.2) is 5.78 Å². The fraction of sp³-hybridized carbons (Fsp3) is 0.643. The Bertz CT molecular complexity index is 1010. The van der Waals surface area contributed by atoms with Crippen LogP contribution in [-0.2, 0) is 14.4 Å². The van der Waals surface area contributed by atoms with Crippen LogP contribution in [0.2, 0.25) is 0 Å². The maximum absolute atomic E-state index is 13.1. The van der Waals surface area contributed by atoms with E-state index in [1.54, 1.807) is 4.90 Å². The number of fused-ring (bicyclic) bond motifs is 1. The van der Waals surface area contributed by atoms with Gasteiger partial charge in [-0.2, -0.15) is 0 Å². The van der Waals surface area contributed by atoms with Crippen LogP contribution in [0.1, 0.15) is 56.3 Å². The molecule has 38 heavy (non-hydrogen) atoms. The van der Waals surface area contributed by atoms with Crippen molar-refractivity contribution in [2.45, 2.75) is 64.1 Å². The van der Waals surface area contributed by atoms with Gasteiger partial charge in [-0.3, -0.25) is 19.2 Å². The van der Waals surface area contributed by atoms with Gasteiger partial charge in [-0.25, -0.2) is 0 Å². The van der Waals surface area contributed by atoms with Crippen molar-refractivity contribution in [3.05, 3.63) is 29.8 Å². The molecule has 0 aromatic heterocycles. The number of Topliss-reactive ketones (excluding diaryl/α,β-unsaturated/α-hetero) is 1. The van der Waals surface area contributed by atoms with Crippen molar-refractivity contribution in [2.75, 3.05) is 50.7 Å². The van der Waals surface area contributed by atoms with Crippen LogP contribution >= 0.6 is 0 Å². The molecule has 4 rings (SSSR count). The highest BCUT2D eigenvalue weighted by Crippen LogP contribution is 2.31. The highest BCUT2D eigenvalue weighted by molar-refractivity contribution is 5.98. The van der Waals surface area contributed by atoms with Gasteiger partial charge in [-0.15, -0.1) is 0 Å². The topological polar surface area (TPSA) is 122 Å². The Kier molecular flexibility index (Phi) is 9.38. The lowest BCUT2D eigenvalue weighted by molar-refractivity contribution is -0.142. The quantitative estimate of drug-likeness (QED) is 0.411. The van der Waals surface area contributed by atoms with Crippen molar-refractivity contribution >= 4 is 29.2 Å². The molecule has 3 heterocycles. The van der Waals surface area contributed by atoms with E-state index in [0.29, 0.717) is 44.3 Å². The summed E-state index contributed by atoms with van der Waals surface area (Å²) in [5.74, 6) is -0.760. The number of hydrogen-bond acceptors (Lipinski definition) is 7. The standard InChI is InChI=1S/C28H41N5O5/c1-3-4-23(34)28(38)33-18-24(35)26-22(33)10-14-32(26)25(36)17-19(2)9-11-30-27(37)20-5-7-21(8-6-20)31-15-12-29-13-16-31/h5-8,19,22-23,26,29,34H,3-4,9-18H2,1-2H3,(H,30,37). The molecule has 208 valence electrons. The number of aliphatic hydroxyl groups excluding tert-OH is 1. The minimum atomic E-state index is -1.10. The van der Waals surface area contributed by atoms with E-state index in [-0.39, 0.29) is 42.5 Å². The second-order valence-corrected chi connectivity index (χ2v) is 10.8. The van der Waals surface area contributed by atoms with E-state index in [1.807, 2.05) is 38.1 Å². The van der Waals surface area contributed by atoms with Crippen LogP contribution in [0.15, 0.2) is 24.3 Å². The molecular weight excluding hydrogens is 486 g/mol. The largest absolute Gasteiger partial charge is 0.383 e. The second kappa shape index (κ2) is 12.7. The number of nitrogens with zero attached hydrogens (tertiary/aromatic N) is 3. The molecule has 0 spiro atoms. The third-order valence-electron chi connectivity index (χ3n) is 7.93. The molecule has 4 atom stereocenters. The van der Waals surface area contributed by atoms with E-state index in [0.717, 1.165) is 31.9 Å². The monoisotopic (exact) mass is 527 g/mol. The first kappa shape index (κ1) is 28.0. The Hall–Kier alpha value is -2.98. The lowest BCUT2D eigenvalue weighted by Crippen LogP contribution is -2.45. The number of amides is 3. The molecule has 0 aliphatic carbocycles. The van der Waals surface area contributed by atoms with Gasteiger partial charge in [-0.1, -0.05) is 20.3 Å². The normalized spacial score (nSPS) is 22.8. The second-order valence-electron chi connectivity index (χ2n) is 10.8. The van der Waals surface area contributed by atoms with Gasteiger partial charge in [0.05, 0.1) is 12.6 Å². The molecule has 3 aliphatic rings. The number of hydrogen-bond donors (Lipinski definition) is 3. The number of rotatable bonds is 10. The van der Waals surface area contributed by atoms with Crippen molar-refractivity contribution in [2.24, 2.45) is 5.92 Å². The van der Waals surface area contributed by atoms with Crippen LogP contribution in [0.25, 0.3) is 0 Å². The van der Waals surface area contributed by atoms with E-state index < -0.39 is 18.1 Å². The third kappa shape index (κ3) is 6.35. The molecule has 0 saturated carbocycles. The molecule has 3 amide bonds. The van der Waals surface area contributed by atoms with Crippen LogP contribution in [-0.4, -0.2) is 102 Å². The molecule has 0 bridgehead atoms. The highest BCUT2D eigenvalue weighted by atomic mass is 16.3. The van der Waals surface area contributed by atoms with Crippen molar-refractivity contribution in [3.63, 3.8) is 0 Å². The number of likely N-dealkylation sites (tertiary alicyclic amines) is 2. The number of carbonyl (C=O) groups excluding carboxylic acids is 4. The van der Waals surface area contributed by atoms with Crippen LogP contribution in [0.3, 0.4) is 0 Å². The van der Waals surface area contributed by atoms with E-state index in [1.165, 1.54) is 4.90 Å². The van der Waals surface area contributed by atoms with Gasteiger partial charge in [0.1, 0.15) is 12.1 Å². The van der Waals surface area contributed by atoms with Crippen molar-refractivity contribution in [3.8, 4) is 0 Å². The van der Waals surface area contributed by atoms with Gasteiger partial charge >= 0.3 is 0 Å². The zero-order valence-corrected chi connectivity index (χ0v) is 22.5. The van der Waals surface area contributed by atoms with Crippen LogP contribution < -0.4 is 15.5 Å². The summed E-state index contributed by atoms with van der Waals surface area (Å²) in [6, 6.07) is 6.69. The SMILES string of the molecule is CCCC(O)C(=O)N1CC(=O)C2C1CCN2C(=O)CC(C)CCNC(=O)c1ccc(N2CCNCC2)cc1. The Labute approximate surface area is 224 Å². The van der Waals surface area contributed by atoms with E-state index >= 15 is 0 Å². The number of nitrogens with one attached hydrogen (secondary N) is 2. The van der Waals surface area contributed by atoms with Gasteiger partial charge < -0.3 is 30.4 Å². The smallest absolute Gasteiger partial charge is 0.252 e. The minimum absolute atomic E-state index is 0.0255. The zero-order chi connectivity index (χ0) is 27.2. The first-order valence-corrected chi connectivity index (χ1v) is 13.9. The third-order valence-corrected chi connectivity index (χ3v) is 7.93. The predicted octanol–water partition coefficient (Wildman–Crippen LogP) is 0.784. The highest BCUT2D eigenvalue weighted by Gasteiger charge is 2.51. The Morgan fingerprint density at radius 1 is 1.08 bits per heavy atom. The van der Waals surface area contributed by atoms with Crippen LogP contribution in [0.4, 0.5) is 5.69 Å². The number of aliphatic hydroxyl groups is 1. The molecule has 3 fully saturated rings. The summed E-state index contributed by atoms with van der Waals surface area (Å²) in [4.78, 5) is 56.4. The Morgan fingerprint density at radius 2 is 1.79 bits per heavy atom. The zero-order valence-electron chi connectivity index (χ0n) is 22.5. The van der Waals surface area contributed by atoms with Crippen LogP contribution in [0, 0.1) is 5.92 Å². The molecule has 10 nitrogen and oxygen atoms in total. The minimum Gasteiger partial charge on any atom is -0.383 e. The van der Waals surface area contributed by atoms with Gasteiger partial charge in [0.25, 0.3) is 11.8 Å². The first-order valence-electron chi connectivity index (χ1n) is 13.9. The summed E-state index contributed by atoms with van der Waals surface area (Å²) in [5, 5.41) is 16.4. The lowest BCUT2D eigenvalue weighted by atomic mass is 10.0. The van der Waals surface area contributed by atoms with E-state index in [2.05, 4.69) is 15.5 Å². The number of anilines is 1. The number of ketones is 1. The number of benzene rings is 1. The lowest BCUT2D eigenvalue weighted by Gasteiger charge is -2.29. The summed E-state index contributed by atoms with van der Waals surface area (Å²) >= 11 is 0. The molecule has 10 heteroatoms. The van der Waals surface area contributed by atoms with E-state index in [4.69, 9.17) is 0 Å². The van der Waals surface area contributed by atoms with Gasteiger partial charge in [0, 0.05) is 56.9 Å². The summed E-state index contributed by atoms with van der Waals surface area (Å²) in [6.07, 6.45) is 1.40. The molecule has 1 aromatic carbocycles. The fourth-order valence-electron chi connectivity index (χ4n) is 5.78. The van der Waals surface area contributed by atoms with Crippen molar-refractivity contribution < 1.29 is 24.3 Å². The first-order chi connectivity index (χ1) is 18.3. The van der Waals surface area contributed by atoms with Crippen LogP contribution in [0.5, 0.6) is 0 Å². The Balaban J connectivity index is 1.22. The predicted molar refractivity (Wildman–Crippen MR) is 144 cm³/mol. The van der Waals surface area contributed by atoms with Crippen molar-refractivity contribution in [1.82, 2.24) is 20.4 Å². The Morgan fingerprint density at radius 3 is 2.47 bits per heavy atom. The average Bonchev–Trinajstić information content (AvgIpc) is 3.50. The van der Waals surface area contributed by atoms with Gasteiger partial charge in [-0.05, 0) is 49.4 Å². The summed E-state index contributed by atoms with van der Waals surface area (Å²) < 4.78 is 0. The fourth-order valence-corrected chi connectivity index (χ4v) is 5.78. The number of piperazine rings is 1. The molecule has 3 N–H and O–H groups in total. The summed E-state index contributed by atoms with van der Waals surface area (Å²) in [5.41, 5.74) is 1.73. The van der Waals surface area contributed by atoms with Crippen molar-refractivity contribution in [1.29, 1.82) is 0 Å². The maximum atomic E-state index is 13.1. The molecule has 1 aromatic rings. The molecule has 0 radical (unpaired) electrons. The van der Waals surface area contributed by atoms with Gasteiger partial charge in [0.2, 0.25) is 5.91 Å². The molecule has 3 saturated heterocycles. The molecule has 4 unspecified atom stereocenters. The number of carbonyl (C=O) groups is 4. The maximum Gasteiger partial charge on any atom is 0.252 e. The molecule has 3 aliphatic heterocycles. The van der Waals surface area contributed by atoms with E-state index in [9.17, 15) is 24.3 Å². The summed E-state index contributed by atoms with van der Waals surface area (Å²) in [7, 11) is 0. The summed E-state index contributed by atoms with van der Waals surface area (Å²) in [6.45, 7) is 8.52. The molecular formula is C28H41N5O5. The average molecular weight is 528 g/mol.